The molecule has 2 heterocycles. The Labute approximate surface area is 157 Å². The van der Waals surface area contributed by atoms with E-state index in [9.17, 15) is 15.0 Å². The quantitative estimate of drug-likeness (QED) is 0.735. The number of rotatable bonds is 4. The highest BCUT2D eigenvalue weighted by Gasteiger charge is 2.41. The van der Waals surface area contributed by atoms with Gasteiger partial charge in [0.15, 0.2) is 11.6 Å². The number of hydrogen-bond acceptors (Lipinski definition) is 6. The zero-order valence-electron chi connectivity index (χ0n) is 15.4. The van der Waals surface area contributed by atoms with Crippen molar-refractivity contribution in [3.63, 3.8) is 0 Å². The van der Waals surface area contributed by atoms with Crippen molar-refractivity contribution in [2.45, 2.75) is 38.0 Å². The van der Waals surface area contributed by atoms with Crippen LogP contribution in [-0.4, -0.2) is 55.0 Å². The number of benzene rings is 1. The van der Waals surface area contributed by atoms with Gasteiger partial charge in [-0.05, 0) is 25.8 Å². The second kappa shape index (κ2) is 6.69. The molecular weight excluding hydrogens is 353 g/mol. The summed E-state index contributed by atoms with van der Waals surface area (Å²) in [5.41, 5.74) is 1.03. The van der Waals surface area contributed by atoms with Gasteiger partial charge in [-0.15, -0.1) is 0 Å². The minimum absolute atomic E-state index is 0.139. The van der Waals surface area contributed by atoms with Crippen LogP contribution in [0, 0.1) is 5.82 Å². The minimum Gasteiger partial charge on any atom is -0.492 e. The maximum atomic E-state index is 15.1. The van der Waals surface area contributed by atoms with Gasteiger partial charge in [-0.3, -0.25) is 0 Å². The molecular formula is C19H24FN3O4. The SMILES string of the molecule is COc1c(N2CCNC(C)C2)c(F)cc2c1N(C1CC1)C=C(C(=O)O)C2O. The first-order valence-electron chi connectivity index (χ1n) is 9.22. The van der Waals surface area contributed by atoms with Crippen LogP contribution in [0.4, 0.5) is 15.8 Å². The van der Waals surface area contributed by atoms with Crippen molar-refractivity contribution >= 4 is 17.3 Å². The predicted octanol–water partition coefficient (Wildman–Crippen LogP) is 1.62. The number of aliphatic hydroxyl groups is 1. The molecule has 0 bridgehead atoms. The lowest BCUT2D eigenvalue weighted by Gasteiger charge is -2.38. The first-order chi connectivity index (χ1) is 12.9. The third kappa shape index (κ3) is 3.02. The molecule has 146 valence electrons. The molecule has 1 aromatic rings. The molecule has 27 heavy (non-hydrogen) atoms. The van der Waals surface area contributed by atoms with Gasteiger partial charge in [-0.25, -0.2) is 9.18 Å². The smallest absolute Gasteiger partial charge is 0.336 e. The summed E-state index contributed by atoms with van der Waals surface area (Å²) in [6.45, 7) is 4.04. The van der Waals surface area contributed by atoms with Crippen LogP contribution in [0.1, 0.15) is 31.4 Å². The second-order valence-corrected chi connectivity index (χ2v) is 7.41. The van der Waals surface area contributed by atoms with Crippen LogP contribution < -0.4 is 19.9 Å². The van der Waals surface area contributed by atoms with Gasteiger partial charge >= 0.3 is 5.97 Å². The molecule has 1 aromatic carbocycles. The van der Waals surface area contributed by atoms with Gasteiger partial charge in [0, 0.05) is 43.5 Å². The number of aliphatic hydroxyl groups excluding tert-OH is 1. The van der Waals surface area contributed by atoms with E-state index < -0.39 is 17.9 Å². The van der Waals surface area contributed by atoms with E-state index in [1.54, 1.807) is 0 Å². The molecule has 3 N–H and O–H groups in total. The summed E-state index contributed by atoms with van der Waals surface area (Å²) in [6.07, 6.45) is 1.91. The third-order valence-corrected chi connectivity index (χ3v) is 5.41. The van der Waals surface area contributed by atoms with Gasteiger partial charge < -0.3 is 30.1 Å². The Morgan fingerprint density at radius 3 is 2.70 bits per heavy atom. The minimum atomic E-state index is -1.40. The Balaban J connectivity index is 1.88. The molecule has 2 fully saturated rings. The van der Waals surface area contributed by atoms with Crippen LogP contribution in [0.15, 0.2) is 17.8 Å². The molecule has 0 radical (unpaired) electrons. The molecule has 2 unspecified atom stereocenters. The number of hydrogen-bond donors (Lipinski definition) is 3. The van der Waals surface area contributed by atoms with Crippen LogP contribution >= 0.6 is 0 Å². The summed E-state index contributed by atoms with van der Waals surface area (Å²) >= 11 is 0. The van der Waals surface area contributed by atoms with E-state index in [1.165, 1.54) is 19.4 Å². The summed E-state index contributed by atoms with van der Waals surface area (Å²) in [5.74, 6) is -1.37. The summed E-state index contributed by atoms with van der Waals surface area (Å²) < 4.78 is 20.8. The van der Waals surface area contributed by atoms with E-state index in [2.05, 4.69) is 5.32 Å². The molecule has 2 aliphatic heterocycles. The maximum absolute atomic E-state index is 15.1. The average molecular weight is 377 g/mol. The van der Waals surface area contributed by atoms with Gasteiger partial charge in [0.1, 0.15) is 11.8 Å². The van der Waals surface area contributed by atoms with Crippen molar-refractivity contribution in [1.82, 2.24) is 5.32 Å². The van der Waals surface area contributed by atoms with E-state index in [1.807, 2.05) is 16.7 Å². The monoisotopic (exact) mass is 377 g/mol. The number of carboxylic acid groups (broad SMARTS) is 1. The number of fused-ring (bicyclic) bond motifs is 1. The van der Waals surface area contributed by atoms with Crippen LogP contribution in [0.5, 0.6) is 5.75 Å². The zero-order valence-corrected chi connectivity index (χ0v) is 15.4. The van der Waals surface area contributed by atoms with Gasteiger partial charge in [0.25, 0.3) is 0 Å². The van der Waals surface area contributed by atoms with Crippen molar-refractivity contribution in [3.8, 4) is 5.75 Å². The summed E-state index contributed by atoms with van der Waals surface area (Å²) in [5, 5.41) is 23.4. The van der Waals surface area contributed by atoms with Crippen molar-refractivity contribution in [2.75, 3.05) is 36.5 Å². The molecule has 0 spiro atoms. The summed E-state index contributed by atoms with van der Waals surface area (Å²) in [6, 6.07) is 1.61. The number of ether oxygens (including phenoxy) is 1. The van der Waals surface area contributed by atoms with E-state index in [0.29, 0.717) is 30.2 Å². The summed E-state index contributed by atoms with van der Waals surface area (Å²) in [7, 11) is 1.48. The van der Waals surface area contributed by atoms with E-state index in [-0.39, 0.29) is 23.2 Å². The average Bonchev–Trinajstić information content (AvgIpc) is 3.46. The van der Waals surface area contributed by atoms with Crippen LogP contribution in [-0.2, 0) is 4.79 Å². The Kier molecular flexibility index (Phi) is 4.47. The Morgan fingerprint density at radius 2 is 2.11 bits per heavy atom. The molecule has 0 amide bonds. The van der Waals surface area contributed by atoms with Gasteiger partial charge in [0.2, 0.25) is 0 Å². The fraction of sp³-hybridized carbons (Fsp3) is 0.526. The van der Waals surface area contributed by atoms with Crippen LogP contribution in [0.3, 0.4) is 0 Å². The number of carboxylic acids is 1. The van der Waals surface area contributed by atoms with E-state index in [4.69, 9.17) is 4.74 Å². The number of nitrogens with one attached hydrogen (secondary N) is 1. The number of aliphatic carboxylic acids is 1. The largest absolute Gasteiger partial charge is 0.492 e. The predicted molar refractivity (Wildman–Crippen MR) is 98.8 cm³/mol. The van der Waals surface area contributed by atoms with Gasteiger partial charge in [-0.2, -0.15) is 0 Å². The lowest BCUT2D eigenvalue weighted by Crippen LogP contribution is -2.49. The molecule has 1 saturated heterocycles. The Bertz CT molecular complexity index is 809. The zero-order chi connectivity index (χ0) is 19.3. The lowest BCUT2D eigenvalue weighted by molar-refractivity contribution is -0.133. The fourth-order valence-electron chi connectivity index (χ4n) is 3.99. The topological polar surface area (TPSA) is 85.3 Å². The van der Waals surface area contributed by atoms with Gasteiger partial charge in [-0.1, -0.05) is 0 Å². The lowest BCUT2D eigenvalue weighted by atomic mass is 9.94. The number of nitrogens with zero attached hydrogens (tertiary/aromatic N) is 2. The molecule has 8 heteroatoms. The summed E-state index contributed by atoms with van der Waals surface area (Å²) in [4.78, 5) is 15.3. The normalized spacial score (nSPS) is 25.1. The number of methoxy groups -OCH3 is 1. The molecule has 2 atom stereocenters. The molecule has 3 aliphatic rings. The molecule has 1 saturated carbocycles. The highest BCUT2D eigenvalue weighted by molar-refractivity contribution is 5.92. The van der Waals surface area contributed by atoms with E-state index in [0.717, 1.165) is 19.4 Å². The van der Waals surface area contributed by atoms with Crippen LogP contribution in [0.2, 0.25) is 0 Å². The molecule has 0 aromatic heterocycles. The fourth-order valence-corrected chi connectivity index (χ4v) is 3.99. The standard InChI is InChI=1S/C19H24FN3O4/c1-10-8-22(6-5-21-10)16-14(20)7-12-15(18(16)27-2)23(11-3-4-11)9-13(17(12)24)19(25)26/h7,9-11,17,21,24H,3-6,8H2,1-2H3,(H,25,26). The highest BCUT2D eigenvalue weighted by atomic mass is 19.1. The highest BCUT2D eigenvalue weighted by Crippen LogP contribution is 2.51. The Morgan fingerprint density at radius 1 is 1.37 bits per heavy atom. The van der Waals surface area contributed by atoms with Crippen molar-refractivity contribution in [3.05, 3.63) is 29.2 Å². The van der Waals surface area contributed by atoms with E-state index >= 15 is 4.39 Å². The Hall–Kier alpha value is -2.32. The van der Waals surface area contributed by atoms with Crippen LogP contribution in [0.25, 0.3) is 0 Å². The number of carbonyl (C=O) groups is 1. The first-order valence-corrected chi connectivity index (χ1v) is 9.22. The number of piperazine rings is 1. The third-order valence-electron chi connectivity index (χ3n) is 5.41. The van der Waals surface area contributed by atoms with Crippen molar-refractivity contribution in [2.24, 2.45) is 0 Å². The number of anilines is 2. The van der Waals surface area contributed by atoms with Gasteiger partial charge in [0.05, 0.1) is 18.4 Å². The van der Waals surface area contributed by atoms with Crippen molar-refractivity contribution in [1.29, 1.82) is 0 Å². The molecule has 7 nitrogen and oxygen atoms in total. The first kappa shape index (κ1) is 18.1. The molecule has 4 rings (SSSR count). The number of halogens is 1. The molecule has 1 aliphatic carbocycles. The second-order valence-electron chi connectivity index (χ2n) is 7.41. The maximum Gasteiger partial charge on any atom is 0.336 e. The van der Waals surface area contributed by atoms with Crippen molar-refractivity contribution < 1.29 is 24.1 Å².